The van der Waals surface area contributed by atoms with Crippen LogP contribution < -0.4 is 24.4 Å². The Labute approximate surface area is 233 Å². The Hall–Kier alpha value is -4.04. The SMILES string of the molecule is CCn1cc(CN2CCCC2)c(=O)c2cc(F)c(OCc3ccc(OC)cc3)c(OCc3ccc(OC)cc3)c21. The number of rotatable bonds is 11. The van der Waals surface area contributed by atoms with E-state index in [1.54, 1.807) is 14.2 Å². The normalized spacial score (nSPS) is 13.5. The lowest BCUT2D eigenvalue weighted by Gasteiger charge is -2.21. The van der Waals surface area contributed by atoms with Crippen LogP contribution >= 0.6 is 0 Å². The van der Waals surface area contributed by atoms with Gasteiger partial charge in [-0.15, -0.1) is 0 Å². The molecule has 1 fully saturated rings. The third-order valence-corrected chi connectivity index (χ3v) is 7.32. The highest BCUT2D eigenvalue weighted by Gasteiger charge is 2.23. The molecule has 3 aromatic carbocycles. The van der Waals surface area contributed by atoms with Gasteiger partial charge in [-0.05, 0) is 74.3 Å². The van der Waals surface area contributed by atoms with Crippen molar-refractivity contribution in [1.29, 1.82) is 0 Å². The van der Waals surface area contributed by atoms with Gasteiger partial charge < -0.3 is 23.5 Å². The van der Waals surface area contributed by atoms with E-state index in [0.29, 0.717) is 24.2 Å². The molecule has 0 aliphatic carbocycles. The van der Waals surface area contributed by atoms with Gasteiger partial charge in [-0.2, -0.15) is 0 Å². The molecule has 1 aliphatic rings. The Morgan fingerprint density at radius 1 is 0.825 bits per heavy atom. The van der Waals surface area contributed by atoms with Crippen LogP contribution in [0.1, 0.15) is 36.5 Å². The number of aromatic nitrogens is 1. The summed E-state index contributed by atoms with van der Waals surface area (Å²) in [5, 5.41) is 0.289. The summed E-state index contributed by atoms with van der Waals surface area (Å²) < 4.78 is 40.6. The Kier molecular flexibility index (Phi) is 8.55. The minimum absolute atomic E-state index is 0.0225. The molecule has 7 nitrogen and oxygen atoms in total. The van der Waals surface area contributed by atoms with Crippen molar-refractivity contribution < 1.29 is 23.3 Å². The van der Waals surface area contributed by atoms with E-state index in [0.717, 1.165) is 48.6 Å². The van der Waals surface area contributed by atoms with Gasteiger partial charge in [0.2, 0.25) is 0 Å². The van der Waals surface area contributed by atoms with Crippen LogP contribution in [0.15, 0.2) is 65.6 Å². The molecule has 0 N–H and O–H groups in total. The third kappa shape index (κ3) is 5.92. The van der Waals surface area contributed by atoms with Gasteiger partial charge in [0.25, 0.3) is 0 Å². The maximum atomic E-state index is 15.8. The number of likely N-dealkylation sites (tertiary alicyclic amines) is 1. The molecule has 1 saturated heterocycles. The van der Waals surface area contributed by atoms with Crippen molar-refractivity contribution in [3.63, 3.8) is 0 Å². The molecule has 1 aromatic heterocycles. The second kappa shape index (κ2) is 12.4. The van der Waals surface area contributed by atoms with Gasteiger partial charge in [0.1, 0.15) is 24.7 Å². The largest absolute Gasteiger partial charge is 0.497 e. The highest BCUT2D eigenvalue weighted by Crippen LogP contribution is 2.39. The van der Waals surface area contributed by atoms with Crippen molar-refractivity contribution in [2.45, 2.75) is 46.1 Å². The quantitative estimate of drug-likeness (QED) is 0.232. The smallest absolute Gasteiger partial charge is 0.199 e. The fraction of sp³-hybridized carbons (Fsp3) is 0.344. The van der Waals surface area contributed by atoms with Crippen molar-refractivity contribution in [3.05, 3.63) is 93.5 Å². The Morgan fingerprint density at radius 3 is 1.90 bits per heavy atom. The predicted molar refractivity (Wildman–Crippen MR) is 153 cm³/mol. The lowest BCUT2D eigenvalue weighted by molar-refractivity contribution is 0.247. The fourth-order valence-electron chi connectivity index (χ4n) is 5.11. The van der Waals surface area contributed by atoms with E-state index in [2.05, 4.69) is 4.90 Å². The van der Waals surface area contributed by atoms with Crippen LogP contribution in [0.2, 0.25) is 0 Å². The number of benzene rings is 3. The molecule has 0 radical (unpaired) electrons. The number of nitrogens with zero attached hydrogens (tertiary/aromatic N) is 2. The summed E-state index contributed by atoms with van der Waals surface area (Å²) >= 11 is 0. The molecular formula is C32H35FN2O5. The first-order valence-corrected chi connectivity index (χ1v) is 13.6. The Morgan fingerprint density at radius 2 is 1.38 bits per heavy atom. The van der Waals surface area contributed by atoms with E-state index in [1.807, 2.05) is 66.2 Å². The van der Waals surface area contributed by atoms with Crippen molar-refractivity contribution in [3.8, 4) is 23.0 Å². The second-order valence-electron chi connectivity index (χ2n) is 9.94. The molecule has 40 heavy (non-hydrogen) atoms. The van der Waals surface area contributed by atoms with Crippen LogP contribution in [-0.2, 0) is 26.3 Å². The first-order chi connectivity index (χ1) is 19.5. The van der Waals surface area contributed by atoms with E-state index < -0.39 is 5.82 Å². The van der Waals surface area contributed by atoms with Crippen LogP contribution in [-0.4, -0.2) is 36.8 Å². The Balaban J connectivity index is 1.56. The molecule has 0 spiro atoms. The standard InChI is InChI=1S/C32H35FN2O5/c1-4-35-19-24(18-34-15-5-6-16-34)30(36)27-17-28(33)31(39-20-22-7-11-25(37-2)12-8-22)32(29(27)35)40-21-23-9-13-26(38-3)14-10-23/h7-14,17,19H,4-6,15-16,18,20-21H2,1-3H3. The van der Waals surface area contributed by atoms with E-state index in [-0.39, 0.29) is 35.5 Å². The lowest BCUT2D eigenvalue weighted by atomic mass is 10.1. The summed E-state index contributed by atoms with van der Waals surface area (Å²) in [5.74, 6) is 1.01. The topological polar surface area (TPSA) is 62.2 Å². The van der Waals surface area contributed by atoms with Gasteiger partial charge >= 0.3 is 0 Å². The molecule has 210 valence electrons. The third-order valence-electron chi connectivity index (χ3n) is 7.32. The number of aryl methyl sites for hydroxylation is 1. The van der Waals surface area contributed by atoms with Crippen LogP contribution in [0.4, 0.5) is 4.39 Å². The summed E-state index contributed by atoms with van der Waals surface area (Å²) in [6.45, 7) is 5.33. The molecule has 5 rings (SSSR count). The highest BCUT2D eigenvalue weighted by atomic mass is 19.1. The fourth-order valence-corrected chi connectivity index (χ4v) is 5.11. The van der Waals surface area contributed by atoms with Gasteiger partial charge in [0.15, 0.2) is 22.7 Å². The van der Waals surface area contributed by atoms with Crippen LogP contribution in [0.5, 0.6) is 23.0 Å². The number of hydrogen-bond donors (Lipinski definition) is 0. The maximum absolute atomic E-state index is 15.8. The van der Waals surface area contributed by atoms with Crippen molar-refractivity contribution in [2.75, 3.05) is 27.3 Å². The second-order valence-corrected chi connectivity index (χ2v) is 9.94. The van der Waals surface area contributed by atoms with Crippen LogP contribution in [0.25, 0.3) is 10.9 Å². The average molecular weight is 547 g/mol. The van der Waals surface area contributed by atoms with Crippen LogP contribution in [0, 0.1) is 5.82 Å². The van der Waals surface area contributed by atoms with Gasteiger partial charge in [-0.25, -0.2) is 4.39 Å². The van der Waals surface area contributed by atoms with Gasteiger partial charge in [-0.1, -0.05) is 24.3 Å². The van der Waals surface area contributed by atoms with E-state index in [4.69, 9.17) is 18.9 Å². The van der Waals surface area contributed by atoms with E-state index in [1.165, 1.54) is 6.07 Å². The van der Waals surface area contributed by atoms with Crippen molar-refractivity contribution in [2.24, 2.45) is 0 Å². The first-order valence-electron chi connectivity index (χ1n) is 13.6. The Bertz CT molecular complexity index is 1510. The zero-order valence-electron chi connectivity index (χ0n) is 23.2. The molecule has 1 aliphatic heterocycles. The monoisotopic (exact) mass is 546 g/mol. The number of ether oxygens (including phenoxy) is 4. The molecule has 0 atom stereocenters. The van der Waals surface area contributed by atoms with Gasteiger partial charge in [0, 0.05) is 24.8 Å². The van der Waals surface area contributed by atoms with Crippen LogP contribution in [0.3, 0.4) is 0 Å². The first kappa shape index (κ1) is 27.5. The van der Waals surface area contributed by atoms with E-state index >= 15 is 4.39 Å². The lowest BCUT2D eigenvalue weighted by Crippen LogP contribution is -2.25. The van der Waals surface area contributed by atoms with E-state index in [9.17, 15) is 4.79 Å². The minimum atomic E-state index is -0.635. The molecule has 8 heteroatoms. The maximum Gasteiger partial charge on any atom is 0.199 e. The predicted octanol–water partition coefficient (Wildman–Crippen LogP) is 5.93. The zero-order valence-corrected chi connectivity index (χ0v) is 23.2. The minimum Gasteiger partial charge on any atom is -0.497 e. The van der Waals surface area contributed by atoms with Crippen molar-refractivity contribution >= 4 is 10.9 Å². The molecule has 4 aromatic rings. The number of fused-ring (bicyclic) bond motifs is 1. The summed E-state index contributed by atoms with van der Waals surface area (Å²) in [7, 11) is 3.21. The summed E-state index contributed by atoms with van der Waals surface area (Å²) in [6.07, 6.45) is 4.14. The number of hydrogen-bond acceptors (Lipinski definition) is 6. The number of methoxy groups -OCH3 is 2. The highest BCUT2D eigenvalue weighted by molar-refractivity contribution is 5.88. The summed E-state index contributed by atoms with van der Waals surface area (Å²) in [6, 6.07) is 16.1. The molecule has 0 saturated carbocycles. The molecule has 0 amide bonds. The molecule has 0 bridgehead atoms. The van der Waals surface area contributed by atoms with Crippen molar-refractivity contribution in [1.82, 2.24) is 9.47 Å². The molecule has 0 unspecified atom stereocenters. The molecule has 2 heterocycles. The zero-order chi connectivity index (χ0) is 28.1. The van der Waals surface area contributed by atoms with Gasteiger partial charge in [-0.3, -0.25) is 9.69 Å². The number of pyridine rings is 1. The summed E-state index contributed by atoms with van der Waals surface area (Å²) in [4.78, 5) is 15.9. The average Bonchev–Trinajstić information content (AvgIpc) is 3.50. The molecular weight excluding hydrogens is 511 g/mol. The van der Waals surface area contributed by atoms with Gasteiger partial charge in [0.05, 0.1) is 25.1 Å². The number of halogens is 1. The summed E-state index contributed by atoms with van der Waals surface area (Å²) in [5.41, 5.74) is 2.72.